The maximum Gasteiger partial charge on any atom is 0.295 e. The molecule has 1 saturated heterocycles. The highest BCUT2D eigenvalue weighted by atomic mass is 16.5. The second-order valence-electron chi connectivity index (χ2n) is 8.26. The quantitative estimate of drug-likeness (QED) is 0.187. The standard InChI is InChI=1S/C29H28N2O6/c1-4-15-37-23-13-10-21(16-24(23)36-5-2)26-25(27(32)20-8-11-22(35-3)12-9-20)28(33)29(34)31(26)18-19-7-6-14-30-17-19/h4,6-14,16-17,26,32H,1,5,15,18H2,2-3H3/b27-25+. The lowest BCUT2D eigenvalue weighted by molar-refractivity contribution is -0.140. The average molecular weight is 501 g/mol. The monoisotopic (exact) mass is 500 g/mol. The molecule has 0 saturated carbocycles. The first-order valence-electron chi connectivity index (χ1n) is 11.8. The van der Waals surface area contributed by atoms with Crippen molar-refractivity contribution in [3.05, 3.63) is 102 Å². The number of likely N-dealkylation sites (tertiary alicyclic amines) is 1. The Balaban J connectivity index is 1.86. The van der Waals surface area contributed by atoms with Crippen LogP contribution in [0.5, 0.6) is 17.2 Å². The summed E-state index contributed by atoms with van der Waals surface area (Å²) in [7, 11) is 1.54. The second kappa shape index (κ2) is 11.4. The van der Waals surface area contributed by atoms with Gasteiger partial charge in [-0.15, -0.1) is 0 Å². The van der Waals surface area contributed by atoms with Gasteiger partial charge in [0.15, 0.2) is 11.5 Å². The van der Waals surface area contributed by atoms with Crippen molar-refractivity contribution < 1.29 is 28.9 Å². The maximum atomic E-state index is 13.3. The van der Waals surface area contributed by atoms with Crippen LogP contribution < -0.4 is 14.2 Å². The number of hydrogen-bond acceptors (Lipinski definition) is 7. The molecule has 37 heavy (non-hydrogen) atoms. The third kappa shape index (κ3) is 5.33. The fourth-order valence-electron chi connectivity index (χ4n) is 4.21. The Morgan fingerprint density at radius 3 is 2.54 bits per heavy atom. The number of aliphatic hydroxyl groups excluding tert-OH is 1. The molecule has 1 aliphatic rings. The number of ketones is 1. The molecule has 3 aromatic rings. The Morgan fingerprint density at radius 1 is 1.11 bits per heavy atom. The van der Waals surface area contributed by atoms with Gasteiger partial charge in [-0.25, -0.2) is 0 Å². The van der Waals surface area contributed by atoms with E-state index in [1.54, 1.807) is 67.0 Å². The van der Waals surface area contributed by atoms with Crippen LogP contribution in [0, 0.1) is 0 Å². The van der Waals surface area contributed by atoms with E-state index in [0.717, 1.165) is 5.56 Å². The summed E-state index contributed by atoms with van der Waals surface area (Å²) in [6, 6.07) is 14.6. The zero-order chi connectivity index (χ0) is 26.4. The van der Waals surface area contributed by atoms with Gasteiger partial charge < -0.3 is 24.2 Å². The first-order valence-corrected chi connectivity index (χ1v) is 11.8. The molecule has 1 atom stereocenters. The van der Waals surface area contributed by atoms with Gasteiger partial charge in [-0.05, 0) is 60.5 Å². The van der Waals surface area contributed by atoms with E-state index in [9.17, 15) is 14.7 Å². The van der Waals surface area contributed by atoms with Crippen molar-refractivity contribution in [2.45, 2.75) is 19.5 Å². The SMILES string of the molecule is C=CCOc1ccc(C2/C(=C(\O)c3ccc(OC)cc3)C(=O)C(=O)N2Cc2cccnc2)cc1OCC. The molecule has 8 heteroatoms. The summed E-state index contributed by atoms with van der Waals surface area (Å²) < 4.78 is 16.7. The molecule has 8 nitrogen and oxygen atoms in total. The highest BCUT2D eigenvalue weighted by Gasteiger charge is 2.46. The fourth-order valence-corrected chi connectivity index (χ4v) is 4.21. The summed E-state index contributed by atoms with van der Waals surface area (Å²) in [5, 5.41) is 11.3. The van der Waals surface area contributed by atoms with E-state index in [0.29, 0.717) is 35.0 Å². The zero-order valence-corrected chi connectivity index (χ0v) is 20.7. The number of Topliss-reactive ketones (excluding diaryl/α,β-unsaturated/α-hetero) is 1. The van der Waals surface area contributed by atoms with Crippen LogP contribution in [0.3, 0.4) is 0 Å². The van der Waals surface area contributed by atoms with E-state index >= 15 is 0 Å². The molecule has 0 aliphatic carbocycles. The van der Waals surface area contributed by atoms with E-state index in [1.165, 1.54) is 12.0 Å². The number of aliphatic hydroxyl groups is 1. The predicted molar refractivity (Wildman–Crippen MR) is 138 cm³/mol. The van der Waals surface area contributed by atoms with Gasteiger partial charge in [0.1, 0.15) is 18.1 Å². The summed E-state index contributed by atoms with van der Waals surface area (Å²) >= 11 is 0. The van der Waals surface area contributed by atoms with Crippen molar-refractivity contribution in [3.8, 4) is 17.2 Å². The van der Waals surface area contributed by atoms with Crippen LogP contribution in [-0.2, 0) is 16.1 Å². The number of rotatable bonds is 10. The number of hydrogen-bond donors (Lipinski definition) is 1. The molecule has 190 valence electrons. The first kappa shape index (κ1) is 25.5. The molecule has 0 radical (unpaired) electrons. The molecule has 1 amide bonds. The minimum Gasteiger partial charge on any atom is -0.507 e. The van der Waals surface area contributed by atoms with Gasteiger partial charge in [-0.3, -0.25) is 14.6 Å². The highest BCUT2D eigenvalue weighted by Crippen LogP contribution is 2.42. The van der Waals surface area contributed by atoms with Crippen molar-refractivity contribution in [1.29, 1.82) is 0 Å². The molecule has 2 aromatic carbocycles. The van der Waals surface area contributed by atoms with Crippen molar-refractivity contribution in [2.24, 2.45) is 0 Å². The van der Waals surface area contributed by atoms with E-state index < -0.39 is 17.7 Å². The fraction of sp³-hybridized carbons (Fsp3) is 0.207. The number of amides is 1. The number of benzene rings is 2. The van der Waals surface area contributed by atoms with Gasteiger partial charge >= 0.3 is 0 Å². The Labute approximate surface area is 215 Å². The highest BCUT2D eigenvalue weighted by molar-refractivity contribution is 6.46. The van der Waals surface area contributed by atoms with Crippen molar-refractivity contribution in [1.82, 2.24) is 9.88 Å². The lowest BCUT2D eigenvalue weighted by Crippen LogP contribution is -2.29. The van der Waals surface area contributed by atoms with Gasteiger partial charge in [0, 0.05) is 24.5 Å². The summed E-state index contributed by atoms with van der Waals surface area (Å²) in [6.45, 7) is 6.32. The van der Waals surface area contributed by atoms with E-state index in [2.05, 4.69) is 11.6 Å². The summed E-state index contributed by atoms with van der Waals surface area (Å²) in [5.74, 6) is -0.199. The number of pyridine rings is 1. The molecule has 1 N–H and O–H groups in total. The van der Waals surface area contributed by atoms with E-state index in [4.69, 9.17) is 14.2 Å². The molecule has 1 fully saturated rings. The Morgan fingerprint density at radius 2 is 1.89 bits per heavy atom. The number of carbonyl (C=O) groups excluding carboxylic acids is 2. The number of carbonyl (C=O) groups is 2. The molecule has 1 unspecified atom stereocenters. The molecule has 2 heterocycles. The van der Waals surface area contributed by atoms with Gasteiger partial charge in [0.05, 0.1) is 25.3 Å². The number of ether oxygens (including phenoxy) is 3. The average Bonchev–Trinajstić information content (AvgIpc) is 3.17. The summed E-state index contributed by atoms with van der Waals surface area (Å²) in [5.41, 5.74) is 1.71. The van der Waals surface area contributed by atoms with Crippen LogP contribution in [0.2, 0.25) is 0 Å². The first-order chi connectivity index (χ1) is 18.0. The van der Waals surface area contributed by atoms with Gasteiger partial charge in [-0.2, -0.15) is 0 Å². The number of aromatic nitrogens is 1. The van der Waals surface area contributed by atoms with Gasteiger partial charge in [0.2, 0.25) is 0 Å². The third-order valence-electron chi connectivity index (χ3n) is 5.92. The Bertz CT molecular complexity index is 1320. The topological polar surface area (TPSA) is 98.2 Å². The molecular formula is C29H28N2O6. The Kier molecular flexibility index (Phi) is 7.88. The van der Waals surface area contributed by atoms with Crippen molar-refractivity contribution in [2.75, 3.05) is 20.3 Å². The molecule has 1 aromatic heterocycles. The molecule has 4 rings (SSSR count). The number of methoxy groups -OCH3 is 1. The largest absolute Gasteiger partial charge is 0.507 e. The second-order valence-corrected chi connectivity index (χ2v) is 8.26. The van der Waals surface area contributed by atoms with E-state index in [-0.39, 0.29) is 24.5 Å². The molecule has 0 spiro atoms. The van der Waals surface area contributed by atoms with Crippen LogP contribution in [0.25, 0.3) is 5.76 Å². The van der Waals surface area contributed by atoms with Crippen molar-refractivity contribution >= 4 is 17.4 Å². The number of nitrogens with zero attached hydrogens (tertiary/aromatic N) is 2. The molecular weight excluding hydrogens is 472 g/mol. The van der Waals surface area contributed by atoms with Gasteiger partial charge in [0.25, 0.3) is 11.7 Å². The smallest absolute Gasteiger partial charge is 0.295 e. The maximum absolute atomic E-state index is 13.3. The van der Waals surface area contributed by atoms with E-state index in [1.807, 2.05) is 13.0 Å². The molecule has 0 bridgehead atoms. The van der Waals surface area contributed by atoms with Crippen molar-refractivity contribution in [3.63, 3.8) is 0 Å². The summed E-state index contributed by atoms with van der Waals surface area (Å²) in [6.07, 6.45) is 4.90. The zero-order valence-electron chi connectivity index (χ0n) is 20.7. The lowest BCUT2D eigenvalue weighted by atomic mass is 9.94. The van der Waals surface area contributed by atoms with Gasteiger partial charge in [-0.1, -0.05) is 24.8 Å². The third-order valence-corrected chi connectivity index (χ3v) is 5.92. The lowest BCUT2D eigenvalue weighted by Gasteiger charge is -2.26. The van der Waals surface area contributed by atoms with Crippen LogP contribution >= 0.6 is 0 Å². The minimum atomic E-state index is -0.866. The predicted octanol–water partition coefficient (Wildman–Crippen LogP) is 4.68. The molecule has 1 aliphatic heterocycles. The van der Waals surface area contributed by atoms with Crippen LogP contribution in [0.15, 0.2) is 85.2 Å². The Hall–Kier alpha value is -4.59. The van der Waals surface area contributed by atoms with Crippen LogP contribution in [0.1, 0.15) is 29.7 Å². The normalized spacial score (nSPS) is 16.5. The van der Waals surface area contributed by atoms with Crippen LogP contribution in [-0.4, -0.2) is 47.0 Å². The summed E-state index contributed by atoms with van der Waals surface area (Å²) in [4.78, 5) is 32.2. The minimum absolute atomic E-state index is 0.0127. The van der Waals surface area contributed by atoms with Crippen LogP contribution in [0.4, 0.5) is 0 Å².